The number of likely N-dealkylation sites (tertiary alicyclic amines) is 1. The number of carbonyl (C=O) groups is 3. The molecule has 1 amide bonds. The van der Waals surface area contributed by atoms with E-state index in [2.05, 4.69) is 14.9 Å². The van der Waals surface area contributed by atoms with Gasteiger partial charge in [-0.3, -0.25) is 19.5 Å². The van der Waals surface area contributed by atoms with Gasteiger partial charge in [-0.15, -0.1) is 0 Å². The predicted octanol–water partition coefficient (Wildman–Crippen LogP) is 1.57. The minimum absolute atomic E-state index is 0.0141. The van der Waals surface area contributed by atoms with Crippen LogP contribution < -0.4 is 0 Å². The summed E-state index contributed by atoms with van der Waals surface area (Å²) in [5.74, 6) is -2.34. The van der Waals surface area contributed by atoms with Crippen molar-refractivity contribution in [3.8, 4) is 0 Å². The van der Waals surface area contributed by atoms with Crippen LogP contribution in [0.25, 0.3) is 5.76 Å². The Bertz CT molecular complexity index is 1130. The number of methoxy groups -OCH3 is 1. The van der Waals surface area contributed by atoms with E-state index in [-0.39, 0.29) is 17.0 Å². The number of Topliss-reactive ketones (excluding diaryl/α,β-unsaturated/α-hetero) is 1. The second-order valence-corrected chi connectivity index (χ2v) is 8.34. The Labute approximate surface area is 197 Å². The van der Waals surface area contributed by atoms with Crippen LogP contribution in [0, 0.1) is 13.8 Å². The number of nitrogens with zero attached hydrogens (tertiary/aromatic N) is 3. The van der Waals surface area contributed by atoms with Crippen molar-refractivity contribution in [2.45, 2.75) is 19.9 Å². The Hall–Kier alpha value is -3.50. The number of aliphatic hydroxyl groups is 1. The lowest BCUT2D eigenvalue weighted by Gasteiger charge is -2.31. The zero-order valence-corrected chi connectivity index (χ0v) is 19.5. The van der Waals surface area contributed by atoms with Gasteiger partial charge in [-0.05, 0) is 37.1 Å². The van der Waals surface area contributed by atoms with Crippen LogP contribution in [0.1, 0.15) is 38.9 Å². The van der Waals surface area contributed by atoms with Crippen molar-refractivity contribution in [2.75, 3.05) is 46.5 Å². The maximum Gasteiger partial charge on any atom is 0.354 e. The molecule has 2 N–H and O–H groups in total. The number of morpholine rings is 1. The van der Waals surface area contributed by atoms with Gasteiger partial charge < -0.3 is 24.5 Å². The van der Waals surface area contributed by atoms with Gasteiger partial charge in [0.2, 0.25) is 0 Å². The van der Waals surface area contributed by atoms with Crippen molar-refractivity contribution in [3.63, 3.8) is 0 Å². The summed E-state index contributed by atoms with van der Waals surface area (Å²) in [7, 11) is 1.26. The molecule has 0 bridgehead atoms. The first-order chi connectivity index (χ1) is 16.3. The zero-order chi connectivity index (χ0) is 24.4. The van der Waals surface area contributed by atoms with Crippen LogP contribution in [0.2, 0.25) is 0 Å². The molecule has 2 saturated heterocycles. The molecule has 2 aromatic rings. The monoisotopic (exact) mass is 468 g/mol. The second kappa shape index (κ2) is 9.78. The smallest absolute Gasteiger partial charge is 0.354 e. The van der Waals surface area contributed by atoms with Crippen molar-refractivity contribution in [1.29, 1.82) is 0 Å². The van der Waals surface area contributed by atoms with Crippen molar-refractivity contribution < 1.29 is 29.0 Å². The third-order valence-electron chi connectivity index (χ3n) is 6.39. The number of aliphatic hydroxyl groups excluding tert-OH is 1. The van der Waals surface area contributed by atoms with Crippen LogP contribution in [0.5, 0.6) is 0 Å². The number of pyridine rings is 1. The second-order valence-electron chi connectivity index (χ2n) is 8.34. The van der Waals surface area contributed by atoms with Crippen LogP contribution in [0.4, 0.5) is 0 Å². The number of aromatic amines is 1. The summed E-state index contributed by atoms with van der Waals surface area (Å²) < 4.78 is 10.2. The average molecular weight is 469 g/mol. The minimum Gasteiger partial charge on any atom is -0.507 e. The van der Waals surface area contributed by atoms with E-state index in [1.165, 1.54) is 12.0 Å². The number of carbonyl (C=O) groups excluding carboxylic acids is 3. The summed E-state index contributed by atoms with van der Waals surface area (Å²) in [6.45, 7) is 6.98. The molecule has 10 nitrogen and oxygen atoms in total. The van der Waals surface area contributed by atoms with Crippen molar-refractivity contribution >= 4 is 23.4 Å². The summed E-state index contributed by atoms with van der Waals surface area (Å²) in [4.78, 5) is 49.1. The highest BCUT2D eigenvalue weighted by molar-refractivity contribution is 6.46. The number of nitrogens with one attached hydrogen (secondary N) is 1. The lowest BCUT2D eigenvalue weighted by Crippen LogP contribution is -2.42. The fourth-order valence-corrected chi connectivity index (χ4v) is 4.62. The summed E-state index contributed by atoms with van der Waals surface area (Å²) >= 11 is 0. The molecule has 34 heavy (non-hydrogen) atoms. The van der Waals surface area contributed by atoms with Gasteiger partial charge in [-0.1, -0.05) is 0 Å². The lowest BCUT2D eigenvalue weighted by atomic mass is 9.94. The highest BCUT2D eigenvalue weighted by atomic mass is 16.5. The van der Waals surface area contributed by atoms with E-state index in [9.17, 15) is 19.5 Å². The number of H-pyrrole nitrogens is 1. The molecule has 0 unspecified atom stereocenters. The molecule has 2 aliphatic heterocycles. The first-order valence-electron chi connectivity index (χ1n) is 11.1. The number of ether oxygens (including phenoxy) is 2. The SMILES string of the molecule is COC(=O)c1[nH]c(C)c(/C(O)=C2\C(=O)C(=O)N(CCN3CCOCC3)[C@@H]2c2ccncc2)c1C. The Morgan fingerprint density at radius 3 is 2.53 bits per heavy atom. The van der Waals surface area contributed by atoms with E-state index in [0.717, 1.165) is 13.1 Å². The molecular weight excluding hydrogens is 440 g/mol. The number of amides is 1. The first-order valence-corrected chi connectivity index (χ1v) is 11.1. The van der Waals surface area contributed by atoms with Crippen LogP contribution in [-0.4, -0.2) is 89.0 Å². The van der Waals surface area contributed by atoms with Crippen molar-refractivity contribution in [2.24, 2.45) is 0 Å². The highest BCUT2D eigenvalue weighted by Gasteiger charge is 2.46. The van der Waals surface area contributed by atoms with Gasteiger partial charge in [0, 0.05) is 49.8 Å². The van der Waals surface area contributed by atoms with Gasteiger partial charge in [-0.25, -0.2) is 4.79 Å². The molecule has 4 rings (SSSR count). The van der Waals surface area contributed by atoms with E-state index >= 15 is 0 Å². The third kappa shape index (κ3) is 4.22. The molecule has 0 radical (unpaired) electrons. The molecular formula is C24H28N4O6. The maximum atomic E-state index is 13.2. The van der Waals surface area contributed by atoms with Crippen LogP contribution >= 0.6 is 0 Å². The minimum atomic E-state index is -0.778. The topological polar surface area (TPSA) is 125 Å². The summed E-state index contributed by atoms with van der Waals surface area (Å²) in [6.07, 6.45) is 3.17. The van der Waals surface area contributed by atoms with Crippen molar-refractivity contribution in [1.82, 2.24) is 19.8 Å². The summed E-state index contributed by atoms with van der Waals surface area (Å²) in [6, 6.07) is 2.67. The van der Waals surface area contributed by atoms with Crippen LogP contribution in [0.15, 0.2) is 30.1 Å². The van der Waals surface area contributed by atoms with E-state index in [4.69, 9.17) is 9.47 Å². The van der Waals surface area contributed by atoms with Gasteiger partial charge in [0.25, 0.3) is 11.7 Å². The number of esters is 1. The fraction of sp³-hybridized carbons (Fsp3) is 0.417. The van der Waals surface area contributed by atoms with E-state index in [0.29, 0.717) is 48.7 Å². The molecule has 1 atom stereocenters. The Balaban J connectivity index is 1.78. The molecule has 4 heterocycles. The number of hydrogen-bond acceptors (Lipinski definition) is 8. The quantitative estimate of drug-likeness (QED) is 0.283. The molecule has 2 aliphatic rings. The van der Waals surface area contributed by atoms with Gasteiger partial charge in [0.1, 0.15) is 11.5 Å². The third-order valence-corrected chi connectivity index (χ3v) is 6.39. The number of aromatic nitrogens is 2. The Morgan fingerprint density at radius 1 is 1.21 bits per heavy atom. The Morgan fingerprint density at radius 2 is 1.88 bits per heavy atom. The molecule has 0 spiro atoms. The van der Waals surface area contributed by atoms with Crippen molar-refractivity contribution in [3.05, 3.63) is 58.2 Å². The average Bonchev–Trinajstić information content (AvgIpc) is 3.30. The summed E-state index contributed by atoms with van der Waals surface area (Å²) in [5, 5.41) is 11.4. The van der Waals surface area contributed by atoms with E-state index in [1.54, 1.807) is 38.4 Å². The predicted molar refractivity (Wildman–Crippen MR) is 122 cm³/mol. The zero-order valence-electron chi connectivity index (χ0n) is 19.5. The standard InChI is InChI=1S/C24H28N4O6/c1-14-17(15(2)26-19(14)24(32)33-3)21(29)18-20(16-4-6-25-7-5-16)28(23(31)22(18)30)9-8-27-10-12-34-13-11-27/h4-7,20,26,29H,8-13H2,1-3H3/b21-18+/t20-/m1/s1. The maximum absolute atomic E-state index is 13.2. The highest BCUT2D eigenvalue weighted by Crippen LogP contribution is 2.40. The molecule has 10 heteroatoms. The largest absolute Gasteiger partial charge is 0.507 e. The molecule has 2 fully saturated rings. The molecule has 0 aliphatic carbocycles. The number of rotatable bonds is 6. The molecule has 2 aromatic heterocycles. The molecule has 0 aromatic carbocycles. The normalized spacial score (nSPS) is 20.7. The van der Waals surface area contributed by atoms with Crippen LogP contribution in [0.3, 0.4) is 0 Å². The molecule has 0 saturated carbocycles. The number of hydrogen-bond donors (Lipinski definition) is 2. The first kappa shape index (κ1) is 23.7. The van der Waals surface area contributed by atoms with Gasteiger partial charge in [0.15, 0.2) is 0 Å². The number of ketones is 1. The van der Waals surface area contributed by atoms with Crippen LogP contribution in [-0.2, 0) is 19.1 Å². The van der Waals surface area contributed by atoms with Gasteiger partial charge in [0.05, 0.1) is 31.9 Å². The summed E-state index contributed by atoms with van der Waals surface area (Å²) in [5.41, 5.74) is 2.07. The van der Waals surface area contributed by atoms with E-state index in [1.807, 2.05) is 0 Å². The Kier molecular flexibility index (Phi) is 6.80. The number of aryl methyl sites for hydroxylation is 1. The molecule has 180 valence electrons. The fourth-order valence-electron chi connectivity index (χ4n) is 4.62. The van der Waals surface area contributed by atoms with E-state index < -0.39 is 23.7 Å². The lowest BCUT2D eigenvalue weighted by molar-refractivity contribution is -0.140. The van der Waals surface area contributed by atoms with Gasteiger partial charge >= 0.3 is 5.97 Å². The van der Waals surface area contributed by atoms with Gasteiger partial charge in [-0.2, -0.15) is 0 Å².